The Morgan fingerprint density at radius 3 is 2.72 bits per heavy atom. The van der Waals surface area contributed by atoms with Gasteiger partial charge in [0.25, 0.3) is 0 Å². The number of pyridine rings is 1. The molecular formula is C22H32IN5O. The second-order valence-corrected chi connectivity index (χ2v) is 7.42. The quantitative estimate of drug-likeness (QED) is 0.257. The Kier molecular flexibility index (Phi) is 9.50. The molecule has 0 aliphatic carbocycles. The first kappa shape index (κ1) is 23.3. The molecule has 0 amide bonds. The van der Waals surface area contributed by atoms with Crippen LogP contribution < -0.4 is 15.5 Å². The lowest BCUT2D eigenvalue weighted by Gasteiger charge is -2.34. The number of anilines is 1. The van der Waals surface area contributed by atoms with E-state index in [0.29, 0.717) is 12.6 Å². The van der Waals surface area contributed by atoms with E-state index in [9.17, 15) is 0 Å². The van der Waals surface area contributed by atoms with Crippen LogP contribution in [0.5, 0.6) is 0 Å². The van der Waals surface area contributed by atoms with Crippen LogP contribution in [0.4, 0.5) is 5.82 Å². The molecule has 1 aliphatic rings. The minimum atomic E-state index is 0. The summed E-state index contributed by atoms with van der Waals surface area (Å²) in [5, 5.41) is 7.02. The molecule has 2 aromatic rings. The third kappa shape index (κ3) is 7.72. The van der Waals surface area contributed by atoms with Crippen molar-refractivity contribution in [3.05, 3.63) is 60.2 Å². The number of nitrogens with one attached hydrogen (secondary N) is 2. The van der Waals surface area contributed by atoms with Gasteiger partial charge < -0.3 is 20.0 Å². The molecule has 0 saturated carbocycles. The van der Waals surface area contributed by atoms with Crippen molar-refractivity contribution in [3.8, 4) is 0 Å². The molecule has 0 unspecified atom stereocenters. The maximum absolute atomic E-state index is 5.40. The molecule has 1 saturated heterocycles. The summed E-state index contributed by atoms with van der Waals surface area (Å²) >= 11 is 0. The fourth-order valence-electron chi connectivity index (χ4n) is 3.28. The van der Waals surface area contributed by atoms with E-state index in [0.717, 1.165) is 67.7 Å². The molecule has 1 aliphatic heterocycles. The number of furan rings is 1. The lowest BCUT2D eigenvalue weighted by atomic mass is 10.1. The first-order valence-corrected chi connectivity index (χ1v) is 10.0. The monoisotopic (exact) mass is 509 g/mol. The maximum Gasteiger partial charge on any atom is 0.191 e. The van der Waals surface area contributed by atoms with Crippen LogP contribution in [-0.2, 0) is 6.42 Å². The summed E-state index contributed by atoms with van der Waals surface area (Å²) in [6.07, 6.45) is 4.65. The van der Waals surface area contributed by atoms with Gasteiger partial charge in [0.05, 0.1) is 12.8 Å². The lowest BCUT2D eigenvalue weighted by molar-refractivity contribution is 0.458. The van der Waals surface area contributed by atoms with E-state index in [2.05, 4.69) is 44.2 Å². The summed E-state index contributed by atoms with van der Waals surface area (Å²) < 4.78 is 5.40. The van der Waals surface area contributed by atoms with Crippen molar-refractivity contribution in [1.82, 2.24) is 15.6 Å². The number of rotatable bonds is 7. The van der Waals surface area contributed by atoms with E-state index in [4.69, 9.17) is 4.42 Å². The summed E-state index contributed by atoms with van der Waals surface area (Å²) in [6.45, 7) is 11.4. The van der Waals surface area contributed by atoms with E-state index in [1.54, 1.807) is 6.26 Å². The van der Waals surface area contributed by atoms with Gasteiger partial charge in [0.15, 0.2) is 5.96 Å². The fraction of sp³-hybridized carbons (Fsp3) is 0.455. The molecule has 0 bridgehead atoms. The molecule has 0 radical (unpaired) electrons. The summed E-state index contributed by atoms with van der Waals surface area (Å²) in [5.41, 5.74) is 2.11. The van der Waals surface area contributed by atoms with Gasteiger partial charge in [-0.15, -0.1) is 24.0 Å². The van der Waals surface area contributed by atoms with E-state index in [1.165, 1.54) is 0 Å². The number of aliphatic imine (C=N–C) groups is 1. The lowest BCUT2D eigenvalue weighted by Crippen LogP contribution is -2.49. The fourth-order valence-corrected chi connectivity index (χ4v) is 3.28. The van der Waals surface area contributed by atoms with Crippen molar-refractivity contribution in [2.75, 3.05) is 31.1 Å². The Balaban J connectivity index is 0.00000300. The van der Waals surface area contributed by atoms with Crippen molar-refractivity contribution >= 4 is 35.8 Å². The van der Waals surface area contributed by atoms with Crippen molar-refractivity contribution < 1.29 is 4.42 Å². The minimum Gasteiger partial charge on any atom is -0.469 e. The number of aromatic nitrogens is 1. The number of nitrogens with zero attached hydrogens (tertiary/aromatic N) is 3. The predicted octanol–water partition coefficient (Wildman–Crippen LogP) is 3.92. The van der Waals surface area contributed by atoms with E-state index in [-0.39, 0.29) is 24.0 Å². The third-order valence-corrected chi connectivity index (χ3v) is 4.78. The molecular weight excluding hydrogens is 477 g/mol. The highest BCUT2D eigenvalue weighted by atomic mass is 127. The zero-order chi connectivity index (χ0) is 19.8. The molecule has 2 N–H and O–H groups in total. The van der Waals surface area contributed by atoms with Gasteiger partial charge in [0.1, 0.15) is 11.6 Å². The smallest absolute Gasteiger partial charge is 0.191 e. The normalized spacial score (nSPS) is 15.0. The molecule has 0 aromatic carbocycles. The molecule has 1 fully saturated rings. The van der Waals surface area contributed by atoms with Crippen LogP contribution in [0.1, 0.15) is 31.2 Å². The SMILES string of the molecule is C=C(C)CN=C(NCCc1ccco1)NC1CCN(c2cccc(C)n2)CC1.I. The third-order valence-electron chi connectivity index (χ3n) is 4.78. The van der Waals surface area contributed by atoms with Gasteiger partial charge in [-0.1, -0.05) is 18.2 Å². The van der Waals surface area contributed by atoms with Crippen molar-refractivity contribution in [2.24, 2.45) is 4.99 Å². The van der Waals surface area contributed by atoms with Gasteiger partial charge in [0, 0.05) is 37.8 Å². The van der Waals surface area contributed by atoms with Crippen LogP contribution in [-0.4, -0.2) is 43.2 Å². The highest BCUT2D eigenvalue weighted by Crippen LogP contribution is 2.18. The Morgan fingerprint density at radius 2 is 2.07 bits per heavy atom. The van der Waals surface area contributed by atoms with E-state index >= 15 is 0 Å². The zero-order valence-corrected chi connectivity index (χ0v) is 19.7. The molecule has 0 atom stereocenters. The van der Waals surface area contributed by atoms with Gasteiger partial charge in [-0.05, 0) is 51.0 Å². The van der Waals surface area contributed by atoms with Crippen molar-refractivity contribution in [3.63, 3.8) is 0 Å². The number of piperidine rings is 1. The second kappa shape index (κ2) is 11.8. The first-order chi connectivity index (χ1) is 13.6. The topological polar surface area (TPSA) is 65.7 Å². The molecule has 3 rings (SSSR count). The van der Waals surface area contributed by atoms with Crippen LogP contribution in [0.15, 0.2) is 58.2 Å². The first-order valence-electron chi connectivity index (χ1n) is 10.0. The molecule has 29 heavy (non-hydrogen) atoms. The van der Waals surface area contributed by atoms with Crippen molar-refractivity contribution in [1.29, 1.82) is 0 Å². The average Bonchev–Trinajstić information content (AvgIpc) is 3.20. The Hall–Kier alpha value is -2.03. The molecule has 2 aromatic heterocycles. The average molecular weight is 509 g/mol. The molecule has 3 heterocycles. The van der Waals surface area contributed by atoms with Crippen LogP contribution in [0, 0.1) is 6.92 Å². The number of hydrogen-bond donors (Lipinski definition) is 2. The second-order valence-electron chi connectivity index (χ2n) is 7.42. The standard InChI is InChI=1S/C22H31N5O.HI/c1-17(2)16-24-22(23-12-9-20-7-5-15-28-20)26-19-10-13-27(14-11-19)21-8-4-6-18(3)25-21;/h4-8,15,19H,1,9-14,16H2,2-3H3,(H2,23,24,26);1H. The van der Waals surface area contributed by atoms with Crippen LogP contribution >= 0.6 is 24.0 Å². The number of halogens is 1. The maximum atomic E-state index is 5.40. The van der Waals surface area contributed by atoms with Crippen LogP contribution in [0.2, 0.25) is 0 Å². The summed E-state index contributed by atoms with van der Waals surface area (Å²) in [6, 6.07) is 10.5. The van der Waals surface area contributed by atoms with Gasteiger partial charge in [-0.2, -0.15) is 0 Å². The van der Waals surface area contributed by atoms with Crippen molar-refractivity contribution in [2.45, 2.75) is 39.2 Å². The molecule has 0 spiro atoms. The van der Waals surface area contributed by atoms with Crippen LogP contribution in [0.25, 0.3) is 0 Å². The Labute approximate surface area is 190 Å². The molecule has 7 heteroatoms. The zero-order valence-electron chi connectivity index (χ0n) is 17.4. The van der Waals surface area contributed by atoms with E-state index in [1.807, 2.05) is 32.0 Å². The van der Waals surface area contributed by atoms with Gasteiger partial charge >= 0.3 is 0 Å². The minimum absolute atomic E-state index is 0. The van der Waals surface area contributed by atoms with Gasteiger partial charge in [-0.25, -0.2) is 9.98 Å². The van der Waals surface area contributed by atoms with Crippen LogP contribution in [0.3, 0.4) is 0 Å². The molecule has 6 nitrogen and oxygen atoms in total. The molecule has 158 valence electrons. The van der Waals surface area contributed by atoms with Gasteiger partial charge in [-0.3, -0.25) is 0 Å². The number of aryl methyl sites for hydroxylation is 1. The highest BCUT2D eigenvalue weighted by Gasteiger charge is 2.21. The highest BCUT2D eigenvalue weighted by molar-refractivity contribution is 14.0. The Morgan fingerprint density at radius 1 is 1.28 bits per heavy atom. The number of guanidine groups is 1. The predicted molar refractivity (Wildman–Crippen MR) is 130 cm³/mol. The van der Waals surface area contributed by atoms with E-state index < -0.39 is 0 Å². The summed E-state index contributed by atoms with van der Waals surface area (Å²) in [7, 11) is 0. The number of hydrogen-bond acceptors (Lipinski definition) is 4. The summed E-state index contributed by atoms with van der Waals surface area (Å²) in [4.78, 5) is 11.7. The summed E-state index contributed by atoms with van der Waals surface area (Å²) in [5.74, 6) is 2.90. The van der Waals surface area contributed by atoms with Gasteiger partial charge in [0.2, 0.25) is 0 Å². The largest absolute Gasteiger partial charge is 0.469 e. The Bertz CT molecular complexity index is 782.